The van der Waals surface area contributed by atoms with E-state index < -0.39 is 4.92 Å². The Bertz CT molecular complexity index is 647. The van der Waals surface area contributed by atoms with E-state index in [0.717, 1.165) is 0 Å². The molecule has 0 aliphatic heterocycles. The number of nitrogens with zero attached hydrogens (tertiary/aromatic N) is 2. The predicted octanol–water partition coefficient (Wildman–Crippen LogP) is 4.01. The van der Waals surface area contributed by atoms with Crippen molar-refractivity contribution in [3.05, 3.63) is 50.5 Å². The van der Waals surface area contributed by atoms with E-state index >= 15 is 0 Å². The van der Waals surface area contributed by atoms with Crippen molar-refractivity contribution >= 4 is 34.7 Å². The fourth-order valence-electron chi connectivity index (χ4n) is 1.62. The molecule has 0 bridgehead atoms. The van der Waals surface area contributed by atoms with Gasteiger partial charge in [-0.25, -0.2) is 4.98 Å². The summed E-state index contributed by atoms with van der Waals surface area (Å²) in [5.74, 6) is 0.520. The highest BCUT2D eigenvalue weighted by Gasteiger charge is 2.19. The van der Waals surface area contributed by atoms with Crippen LogP contribution >= 0.6 is 23.2 Å². The van der Waals surface area contributed by atoms with Gasteiger partial charge in [-0.15, -0.1) is 0 Å². The molecule has 0 saturated heterocycles. The molecule has 1 aromatic heterocycles. The molecular weight excluding hydrogens is 289 g/mol. The van der Waals surface area contributed by atoms with Crippen LogP contribution < -0.4 is 5.32 Å². The number of benzene rings is 1. The summed E-state index contributed by atoms with van der Waals surface area (Å²) in [5, 5.41) is 14.7. The molecule has 0 unspecified atom stereocenters. The molecule has 98 valence electrons. The van der Waals surface area contributed by atoms with Crippen LogP contribution in [-0.2, 0) is 0 Å². The van der Waals surface area contributed by atoms with Crippen LogP contribution in [0.1, 0.15) is 0 Å². The topological polar surface area (TPSA) is 68.1 Å². The van der Waals surface area contributed by atoms with Gasteiger partial charge in [0.1, 0.15) is 5.82 Å². The minimum Gasteiger partial charge on any atom is -0.373 e. The minimum atomic E-state index is -0.493. The summed E-state index contributed by atoms with van der Waals surface area (Å²) in [6.45, 7) is 0. The number of aromatic nitrogens is 1. The maximum Gasteiger partial charge on any atom is 0.295 e. The Balaban J connectivity index is 2.68. The summed E-state index contributed by atoms with van der Waals surface area (Å²) >= 11 is 11.9. The molecule has 1 heterocycles. The molecular formula is C12H9Cl2N3O2. The largest absolute Gasteiger partial charge is 0.373 e. The monoisotopic (exact) mass is 297 g/mol. The van der Waals surface area contributed by atoms with Crippen molar-refractivity contribution in [2.75, 3.05) is 12.4 Å². The van der Waals surface area contributed by atoms with Gasteiger partial charge in [0.25, 0.3) is 5.69 Å². The maximum absolute atomic E-state index is 11.0. The molecule has 0 fully saturated rings. The molecule has 0 radical (unpaired) electrons. The van der Waals surface area contributed by atoms with Gasteiger partial charge >= 0.3 is 0 Å². The van der Waals surface area contributed by atoms with Crippen LogP contribution in [-0.4, -0.2) is 17.0 Å². The third kappa shape index (κ3) is 2.77. The first-order valence-corrected chi connectivity index (χ1v) is 6.07. The van der Waals surface area contributed by atoms with E-state index in [4.69, 9.17) is 23.2 Å². The van der Waals surface area contributed by atoms with Crippen LogP contribution in [0.25, 0.3) is 11.3 Å². The second-order valence-electron chi connectivity index (χ2n) is 3.70. The van der Waals surface area contributed by atoms with E-state index in [1.54, 1.807) is 19.2 Å². The first-order valence-electron chi connectivity index (χ1n) is 5.31. The number of anilines is 1. The zero-order valence-electron chi connectivity index (χ0n) is 9.85. The van der Waals surface area contributed by atoms with Crippen molar-refractivity contribution < 1.29 is 4.92 Å². The zero-order valence-corrected chi connectivity index (χ0v) is 11.4. The van der Waals surface area contributed by atoms with Crippen molar-refractivity contribution in [1.29, 1.82) is 0 Å². The number of pyridine rings is 1. The fourth-order valence-corrected chi connectivity index (χ4v) is 2.12. The molecule has 0 aliphatic rings. The molecule has 2 aromatic rings. The van der Waals surface area contributed by atoms with Crippen LogP contribution in [0.4, 0.5) is 11.5 Å². The molecule has 0 amide bonds. The van der Waals surface area contributed by atoms with Crippen molar-refractivity contribution in [1.82, 2.24) is 4.98 Å². The lowest BCUT2D eigenvalue weighted by Crippen LogP contribution is -1.99. The number of hydrogen-bond donors (Lipinski definition) is 1. The lowest BCUT2D eigenvalue weighted by Gasteiger charge is -2.07. The van der Waals surface area contributed by atoms with Gasteiger partial charge in [-0.3, -0.25) is 10.1 Å². The molecule has 0 spiro atoms. The van der Waals surface area contributed by atoms with Gasteiger partial charge in [0.05, 0.1) is 9.95 Å². The smallest absolute Gasteiger partial charge is 0.295 e. The van der Waals surface area contributed by atoms with Crippen molar-refractivity contribution in [3.8, 4) is 11.3 Å². The first-order chi connectivity index (χ1) is 9.02. The fraction of sp³-hybridized carbons (Fsp3) is 0.0833. The second-order valence-corrected chi connectivity index (χ2v) is 4.54. The minimum absolute atomic E-state index is 0.108. The molecule has 0 aliphatic carbocycles. The Kier molecular flexibility index (Phi) is 3.87. The molecule has 1 aromatic carbocycles. The van der Waals surface area contributed by atoms with Gasteiger partial charge in [-0.05, 0) is 24.3 Å². The van der Waals surface area contributed by atoms with Gasteiger partial charge < -0.3 is 5.32 Å². The van der Waals surface area contributed by atoms with Crippen LogP contribution in [0.2, 0.25) is 10.0 Å². The molecule has 19 heavy (non-hydrogen) atoms. The summed E-state index contributed by atoms with van der Waals surface area (Å²) in [7, 11) is 1.68. The summed E-state index contributed by atoms with van der Waals surface area (Å²) < 4.78 is 0. The number of rotatable bonds is 3. The normalized spacial score (nSPS) is 10.3. The standard InChI is InChI=1S/C12H9Cl2N3O2/c1-15-11-5-4-10(17(18)19)12(16-11)8-3-2-7(13)6-9(8)14/h2-6H,1H3,(H,15,16). The second kappa shape index (κ2) is 5.42. The summed E-state index contributed by atoms with van der Waals surface area (Å²) in [6, 6.07) is 7.67. The highest BCUT2D eigenvalue weighted by molar-refractivity contribution is 6.36. The van der Waals surface area contributed by atoms with E-state index in [-0.39, 0.29) is 11.4 Å². The molecule has 0 saturated carbocycles. The molecule has 0 atom stereocenters. The SMILES string of the molecule is CNc1ccc([N+](=O)[O-])c(-c2ccc(Cl)cc2Cl)n1. The van der Waals surface area contributed by atoms with Crippen LogP contribution in [0.5, 0.6) is 0 Å². The number of nitrogens with one attached hydrogen (secondary N) is 1. The van der Waals surface area contributed by atoms with Crippen molar-refractivity contribution in [2.45, 2.75) is 0 Å². The van der Waals surface area contributed by atoms with E-state index in [0.29, 0.717) is 21.4 Å². The van der Waals surface area contributed by atoms with Crippen LogP contribution in [0, 0.1) is 10.1 Å². The average molecular weight is 298 g/mol. The Morgan fingerprint density at radius 1 is 1.26 bits per heavy atom. The Morgan fingerprint density at radius 3 is 2.58 bits per heavy atom. The predicted molar refractivity (Wildman–Crippen MR) is 75.9 cm³/mol. The molecule has 7 heteroatoms. The molecule has 1 N–H and O–H groups in total. The van der Waals surface area contributed by atoms with E-state index in [1.807, 2.05) is 0 Å². The van der Waals surface area contributed by atoms with Gasteiger partial charge in [-0.1, -0.05) is 23.2 Å². The Labute approximate surface area is 119 Å². The number of hydrogen-bond acceptors (Lipinski definition) is 4. The average Bonchev–Trinajstić information content (AvgIpc) is 2.38. The van der Waals surface area contributed by atoms with Crippen molar-refractivity contribution in [3.63, 3.8) is 0 Å². The Morgan fingerprint density at radius 2 is 2.00 bits per heavy atom. The van der Waals surface area contributed by atoms with E-state index in [9.17, 15) is 10.1 Å². The van der Waals surface area contributed by atoms with Gasteiger partial charge in [0.2, 0.25) is 0 Å². The number of halogens is 2. The van der Waals surface area contributed by atoms with Crippen LogP contribution in [0.3, 0.4) is 0 Å². The summed E-state index contributed by atoms with van der Waals surface area (Å²) in [6.07, 6.45) is 0. The van der Waals surface area contributed by atoms with E-state index in [2.05, 4.69) is 10.3 Å². The summed E-state index contributed by atoms with van der Waals surface area (Å²) in [5.41, 5.74) is 0.566. The highest BCUT2D eigenvalue weighted by atomic mass is 35.5. The lowest BCUT2D eigenvalue weighted by molar-refractivity contribution is -0.384. The summed E-state index contributed by atoms with van der Waals surface area (Å²) in [4.78, 5) is 14.7. The van der Waals surface area contributed by atoms with Gasteiger partial charge in [0.15, 0.2) is 5.69 Å². The quantitative estimate of drug-likeness (QED) is 0.686. The third-order valence-corrected chi connectivity index (χ3v) is 3.06. The highest BCUT2D eigenvalue weighted by Crippen LogP contribution is 2.35. The third-order valence-electron chi connectivity index (χ3n) is 2.51. The van der Waals surface area contributed by atoms with Crippen molar-refractivity contribution in [2.24, 2.45) is 0 Å². The zero-order chi connectivity index (χ0) is 14.0. The molecule has 2 rings (SSSR count). The molecule has 5 nitrogen and oxygen atoms in total. The van der Waals surface area contributed by atoms with Gasteiger partial charge in [-0.2, -0.15) is 0 Å². The van der Waals surface area contributed by atoms with Gasteiger partial charge in [0, 0.05) is 23.7 Å². The first kappa shape index (κ1) is 13.6. The van der Waals surface area contributed by atoms with Crippen LogP contribution in [0.15, 0.2) is 30.3 Å². The lowest BCUT2D eigenvalue weighted by atomic mass is 10.1. The maximum atomic E-state index is 11.0. The number of nitro groups is 1. The Hall–Kier alpha value is -1.85. The van der Waals surface area contributed by atoms with E-state index in [1.165, 1.54) is 18.2 Å².